The number of nitro groups is 1. The van der Waals surface area contributed by atoms with E-state index in [-0.39, 0.29) is 18.8 Å². The predicted molar refractivity (Wildman–Crippen MR) is 71.7 cm³/mol. The first kappa shape index (κ1) is 15.6. The fraction of sp³-hybridized carbons (Fsp3) is 0.400. The molecule has 0 amide bonds. The quantitative estimate of drug-likeness (QED) is 0.300. The minimum atomic E-state index is -4.20. The molecule has 11 heteroatoms. The number of hydrogen-bond donors (Lipinski definition) is 4. The third-order valence-electron chi connectivity index (χ3n) is 3.17. The van der Waals surface area contributed by atoms with Crippen LogP contribution in [0.3, 0.4) is 0 Å². The smallest absolute Gasteiger partial charge is 0.291 e. The molecule has 1 aromatic rings. The monoisotopic (exact) mass is 318 g/mol. The van der Waals surface area contributed by atoms with Gasteiger partial charge in [0, 0.05) is 19.2 Å². The Morgan fingerprint density at radius 1 is 1.33 bits per heavy atom. The zero-order valence-corrected chi connectivity index (χ0v) is 11.5. The maximum Gasteiger partial charge on any atom is 0.291 e. The van der Waals surface area contributed by atoms with E-state index in [0.717, 1.165) is 16.4 Å². The van der Waals surface area contributed by atoms with E-state index in [1.165, 1.54) is 6.07 Å². The van der Waals surface area contributed by atoms with Gasteiger partial charge in [0.1, 0.15) is 0 Å². The highest BCUT2D eigenvalue weighted by Gasteiger charge is 2.40. The molecule has 2 atom stereocenters. The zero-order valence-electron chi connectivity index (χ0n) is 10.7. The molecule has 10 nitrogen and oxygen atoms in total. The van der Waals surface area contributed by atoms with E-state index in [2.05, 4.69) is 5.43 Å². The zero-order chi connectivity index (χ0) is 15.8. The van der Waals surface area contributed by atoms with Gasteiger partial charge in [0.15, 0.2) is 4.90 Å². The van der Waals surface area contributed by atoms with Crippen molar-refractivity contribution >= 4 is 21.4 Å². The van der Waals surface area contributed by atoms with Crippen LogP contribution in [0.1, 0.15) is 0 Å². The standard InChI is InChI=1S/C10H14N4O6S/c11-12-6-1-2-10(7(3-6)14(17)18)21(19,20)13-4-8(15)9(16)5-13/h1-3,8-9,12,15-16H,4-5,11H2. The summed E-state index contributed by atoms with van der Waals surface area (Å²) in [7, 11) is -4.20. The predicted octanol–water partition coefficient (Wildman–Crippen LogP) is -1.39. The Morgan fingerprint density at radius 3 is 2.38 bits per heavy atom. The molecule has 1 fully saturated rings. The summed E-state index contributed by atoms with van der Waals surface area (Å²) in [6.07, 6.45) is -2.44. The van der Waals surface area contributed by atoms with Gasteiger partial charge < -0.3 is 15.6 Å². The fourth-order valence-corrected chi connectivity index (χ4v) is 3.65. The Bertz CT molecular complexity index is 654. The summed E-state index contributed by atoms with van der Waals surface area (Å²) >= 11 is 0. The molecule has 0 aromatic heterocycles. The van der Waals surface area contributed by atoms with E-state index in [9.17, 15) is 28.7 Å². The summed E-state index contributed by atoms with van der Waals surface area (Å²) in [5.41, 5.74) is 1.74. The lowest BCUT2D eigenvalue weighted by molar-refractivity contribution is -0.387. The van der Waals surface area contributed by atoms with Gasteiger partial charge in [-0.15, -0.1) is 0 Å². The molecule has 1 aliphatic heterocycles. The van der Waals surface area contributed by atoms with Gasteiger partial charge in [-0.1, -0.05) is 0 Å². The normalized spacial score (nSPS) is 23.2. The average Bonchev–Trinajstić information content (AvgIpc) is 2.78. The molecule has 0 spiro atoms. The Balaban J connectivity index is 2.48. The molecule has 21 heavy (non-hydrogen) atoms. The van der Waals surface area contributed by atoms with Crippen molar-refractivity contribution < 1.29 is 23.6 Å². The summed E-state index contributed by atoms with van der Waals surface area (Å²) in [6.45, 7) is -0.644. The molecular weight excluding hydrogens is 304 g/mol. The number of nitro benzene ring substituents is 1. The molecule has 0 bridgehead atoms. The third-order valence-corrected chi connectivity index (χ3v) is 5.04. The number of aliphatic hydroxyl groups is 2. The molecule has 1 saturated heterocycles. The van der Waals surface area contributed by atoms with Crippen LogP contribution in [0.15, 0.2) is 23.1 Å². The van der Waals surface area contributed by atoms with E-state index in [4.69, 9.17) is 5.84 Å². The van der Waals surface area contributed by atoms with Crippen LogP contribution in [0.25, 0.3) is 0 Å². The van der Waals surface area contributed by atoms with Gasteiger partial charge in [-0.2, -0.15) is 4.31 Å². The van der Waals surface area contributed by atoms with Crippen LogP contribution in [-0.4, -0.2) is 53.2 Å². The van der Waals surface area contributed by atoms with Gasteiger partial charge in [-0.05, 0) is 12.1 Å². The minimum Gasteiger partial charge on any atom is -0.389 e. The summed E-state index contributed by atoms with van der Waals surface area (Å²) in [5.74, 6) is 5.14. The van der Waals surface area contributed by atoms with E-state index in [0.29, 0.717) is 0 Å². The van der Waals surface area contributed by atoms with Crippen molar-refractivity contribution in [2.75, 3.05) is 18.5 Å². The number of nitrogen functional groups attached to an aromatic ring is 1. The first-order valence-electron chi connectivity index (χ1n) is 5.88. The van der Waals surface area contributed by atoms with Crippen molar-refractivity contribution in [3.8, 4) is 0 Å². The van der Waals surface area contributed by atoms with Gasteiger partial charge in [-0.3, -0.25) is 16.0 Å². The van der Waals surface area contributed by atoms with Crippen molar-refractivity contribution in [3.63, 3.8) is 0 Å². The van der Waals surface area contributed by atoms with Crippen molar-refractivity contribution in [3.05, 3.63) is 28.3 Å². The lowest BCUT2D eigenvalue weighted by Crippen LogP contribution is -2.30. The Kier molecular flexibility index (Phi) is 4.11. The molecule has 0 aliphatic carbocycles. The minimum absolute atomic E-state index is 0.183. The number of anilines is 1. The van der Waals surface area contributed by atoms with Crippen LogP contribution in [0.2, 0.25) is 0 Å². The average molecular weight is 318 g/mol. The van der Waals surface area contributed by atoms with E-state index in [1.807, 2.05) is 0 Å². The molecule has 1 aliphatic rings. The number of nitrogens with two attached hydrogens (primary N) is 1. The SMILES string of the molecule is NNc1ccc(S(=O)(=O)N2CC(O)C(O)C2)c([N+](=O)[O-])c1. The Morgan fingerprint density at radius 2 is 1.90 bits per heavy atom. The number of benzene rings is 1. The number of rotatable bonds is 4. The van der Waals surface area contributed by atoms with Crippen LogP contribution in [-0.2, 0) is 10.0 Å². The van der Waals surface area contributed by atoms with Crippen LogP contribution >= 0.6 is 0 Å². The second-order valence-corrected chi connectivity index (χ2v) is 6.45. The van der Waals surface area contributed by atoms with Crippen molar-refractivity contribution in [2.24, 2.45) is 5.84 Å². The van der Waals surface area contributed by atoms with Crippen molar-refractivity contribution in [1.82, 2.24) is 4.31 Å². The largest absolute Gasteiger partial charge is 0.389 e. The van der Waals surface area contributed by atoms with E-state index in [1.54, 1.807) is 0 Å². The molecule has 0 saturated carbocycles. The molecule has 2 unspecified atom stereocenters. The Labute approximate surface area is 120 Å². The lowest BCUT2D eigenvalue weighted by atomic mass is 10.3. The number of β-amino-alcohol motifs (C(OH)–C–C–N with tert-alkyl or cyclic N) is 2. The van der Waals surface area contributed by atoms with Crippen LogP contribution in [0.4, 0.5) is 11.4 Å². The fourth-order valence-electron chi connectivity index (χ4n) is 2.04. The highest BCUT2D eigenvalue weighted by molar-refractivity contribution is 7.89. The van der Waals surface area contributed by atoms with Crippen molar-refractivity contribution in [2.45, 2.75) is 17.1 Å². The number of aliphatic hydroxyl groups excluding tert-OH is 2. The van der Waals surface area contributed by atoms with E-state index >= 15 is 0 Å². The molecule has 2 rings (SSSR count). The molecule has 1 heterocycles. The van der Waals surface area contributed by atoms with Gasteiger partial charge in [0.2, 0.25) is 10.0 Å². The second kappa shape index (κ2) is 5.54. The summed E-state index contributed by atoms with van der Waals surface area (Å²) in [6, 6.07) is 3.33. The summed E-state index contributed by atoms with van der Waals surface area (Å²) < 4.78 is 25.6. The van der Waals surface area contributed by atoms with Gasteiger partial charge >= 0.3 is 0 Å². The molecule has 116 valence electrons. The maximum atomic E-state index is 12.4. The first-order chi connectivity index (χ1) is 9.77. The highest BCUT2D eigenvalue weighted by atomic mass is 32.2. The summed E-state index contributed by atoms with van der Waals surface area (Å²) in [5, 5.41) is 29.9. The maximum absolute atomic E-state index is 12.4. The van der Waals surface area contributed by atoms with Crippen molar-refractivity contribution in [1.29, 1.82) is 0 Å². The number of nitrogens with one attached hydrogen (secondary N) is 1. The number of hydrogen-bond acceptors (Lipinski definition) is 8. The van der Waals surface area contributed by atoms with Gasteiger partial charge in [-0.25, -0.2) is 8.42 Å². The summed E-state index contributed by atoms with van der Waals surface area (Å²) in [4.78, 5) is 9.68. The highest BCUT2D eigenvalue weighted by Crippen LogP contribution is 2.31. The molecular formula is C10H14N4O6S. The number of sulfonamides is 1. The van der Waals surface area contributed by atoms with Crippen LogP contribution < -0.4 is 11.3 Å². The van der Waals surface area contributed by atoms with E-state index < -0.39 is 37.7 Å². The van der Waals surface area contributed by atoms with Gasteiger partial charge in [0.25, 0.3) is 5.69 Å². The molecule has 5 N–H and O–H groups in total. The van der Waals surface area contributed by atoms with Gasteiger partial charge in [0.05, 0.1) is 22.8 Å². The Hall–Kier alpha value is -1.79. The number of nitrogens with zero attached hydrogens (tertiary/aromatic N) is 2. The second-order valence-electron chi connectivity index (χ2n) is 4.54. The third kappa shape index (κ3) is 2.82. The molecule has 1 aromatic carbocycles. The van der Waals surface area contributed by atoms with Crippen LogP contribution in [0.5, 0.6) is 0 Å². The first-order valence-corrected chi connectivity index (χ1v) is 7.32. The molecule has 0 radical (unpaired) electrons. The topological polar surface area (TPSA) is 159 Å². The van der Waals surface area contributed by atoms with Crippen LogP contribution in [0, 0.1) is 10.1 Å². The number of hydrazine groups is 1. The lowest BCUT2D eigenvalue weighted by Gasteiger charge is -2.15.